The van der Waals surface area contributed by atoms with E-state index in [1.165, 1.54) is 12.1 Å². The third kappa shape index (κ3) is 3.82. The molecule has 3 aromatic heterocycles. The molecule has 1 fully saturated rings. The molecule has 1 aliphatic carbocycles. The lowest BCUT2D eigenvalue weighted by Gasteiger charge is -2.26. The Kier molecular flexibility index (Phi) is 5.50. The van der Waals surface area contributed by atoms with Gasteiger partial charge in [-0.3, -0.25) is 9.67 Å². The Morgan fingerprint density at radius 1 is 1.03 bits per heavy atom. The minimum atomic E-state index is -0.550. The Bertz CT molecular complexity index is 1630. The number of hydrogen-bond acceptors (Lipinski definition) is 4. The van der Waals surface area contributed by atoms with Gasteiger partial charge >= 0.3 is 0 Å². The summed E-state index contributed by atoms with van der Waals surface area (Å²) in [5.74, 6) is -0.000139. The van der Waals surface area contributed by atoms with Crippen molar-refractivity contribution in [3.8, 4) is 22.4 Å². The third-order valence-corrected chi connectivity index (χ3v) is 7.39. The maximum absolute atomic E-state index is 14.7. The van der Waals surface area contributed by atoms with Crippen LogP contribution < -0.4 is 5.73 Å². The standard InChI is InChI=1S/C28H26FN7/c1-31-23-9-5-18(12-22(23)29)26-27(19-6-10-24-20(11-19)13-34-35(24)2)32-14-25-28(26)33-16-36(25)15-17-3-7-21(30)8-4-17/h5-6,9-14,16-17,21H,3-4,7-8,15,30H2,2H3. The van der Waals surface area contributed by atoms with Gasteiger partial charge in [0.25, 0.3) is 0 Å². The maximum atomic E-state index is 14.7. The van der Waals surface area contributed by atoms with Crippen LogP contribution in [0, 0.1) is 18.3 Å². The summed E-state index contributed by atoms with van der Waals surface area (Å²) in [6, 6.07) is 11.1. The minimum absolute atomic E-state index is 0.00162. The van der Waals surface area contributed by atoms with E-state index in [9.17, 15) is 4.39 Å². The van der Waals surface area contributed by atoms with E-state index >= 15 is 0 Å². The molecule has 0 amide bonds. The number of nitrogens with two attached hydrogens (primary N) is 1. The number of benzene rings is 2. The van der Waals surface area contributed by atoms with E-state index in [4.69, 9.17) is 22.3 Å². The topological polar surface area (TPSA) is 78.9 Å². The molecule has 3 heterocycles. The Morgan fingerprint density at radius 2 is 1.83 bits per heavy atom. The third-order valence-electron chi connectivity index (χ3n) is 7.39. The number of hydrogen-bond donors (Lipinski definition) is 1. The van der Waals surface area contributed by atoms with Crippen LogP contribution in [-0.2, 0) is 13.6 Å². The summed E-state index contributed by atoms with van der Waals surface area (Å²) in [4.78, 5) is 13.0. The molecular formula is C28H26FN7. The first kappa shape index (κ1) is 22.4. The first-order valence-corrected chi connectivity index (χ1v) is 12.2. The number of rotatable bonds is 4. The molecule has 0 aliphatic heterocycles. The average molecular weight is 480 g/mol. The molecular weight excluding hydrogens is 453 g/mol. The van der Waals surface area contributed by atoms with Gasteiger partial charge in [0, 0.05) is 36.1 Å². The van der Waals surface area contributed by atoms with Crippen LogP contribution in [0.15, 0.2) is 55.1 Å². The summed E-state index contributed by atoms with van der Waals surface area (Å²) in [5, 5.41) is 5.35. The van der Waals surface area contributed by atoms with E-state index in [2.05, 4.69) is 14.5 Å². The number of aromatic nitrogens is 5. The van der Waals surface area contributed by atoms with Crippen LogP contribution in [0.4, 0.5) is 10.1 Å². The number of aryl methyl sites for hydroxylation is 1. The molecule has 0 spiro atoms. The summed E-state index contributed by atoms with van der Waals surface area (Å²) < 4.78 is 18.7. The van der Waals surface area contributed by atoms with E-state index in [-0.39, 0.29) is 5.69 Å². The molecule has 7 nitrogen and oxygen atoms in total. The normalized spacial score (nSPS) is 18.1. The molecule has 5 aromatic rings. The summed E-state index contributed by atoms with van der Waals surface area (Å²) in [7, 11) is 1.91. The van der Waals surface area contributed by atoms with Crippen LogP contribution in [0.25, 0.3) is 49.2 Å². The minimum Gasteiger partial charge on any atom is -0.329 e. The van der Waals surface area contributed by atoms with Gasteiger partial charge in [-0.1, -0.05) is 18.2 Å². The zero-order chi connectivity index (χ0) is 24.8. The Hall–Kier alpha value is -4.09. The van der Waals surface area contributed by atoms with Crippen molar-refractivity contribution < 1.29 is 4.39 Å². The predicted molar refractivity (Wildman–Crippen MR) is 139 cm³/mol. The van der Waals surface area contributed by atoms with Gasteiger partial charge in [-0.2, -0.15) is 5.10 Å². The van der Waals surface area contributed by atoms with Gasteiger partial charge in [-0.25, -0.2) is 14.2 Å². The molecule has 6 rings (SSSR count). The van der Waals surface area contributed by atoms with Crippen LogP contribution in [0.3, 0.4) is 0 Å². The highest BCUT2D eigenvalue weighted by Crippen LogP contribution is 2.38. The predicted octanol–water partition coefficient (Wildman–Crippen LogP) is 5.86. The number of fused-ring (bicyclic) bond motifs is 2. The number of pyridine rings is 1. The molecule has 0 radical (unpaired) electrons. The van der Waals surface area contributed by atoms with Gasteiger partial charge in [0.1, 0.15) is 11.3 Å². The lowest BCUT2D eigenvalue weighted by molar-refractivity contribution is 0.297. The second-order valence-electron chi connectivity index (χ2n) is 9.71. The Morgan fingerprint density at radius 3 is 2.61 bits per heavy atom. The first-order valence-electron chi connectivity index (χ1n) is 12.2. The summed E-state index contributed by atoms with van der Waals surface area (Å²) in [5.41, 5.74) is 11.8. The van der Waals surface area contributed by atoms with Crippen molar-refractivity contribution in [2.24, 2.45) is 18.7 Å². The maximum Gasteiger partial charge on any atom is 0.222 e. The fourth-order valence-corrected chi connectivity index (χ4v) is 5.37. The molecule has 0 unspecified atom stereocenters. The van der Waals surface area contributed by atoms with Gasteiger partial charge in [0.15, 0.2) is 0 Å². The highest BCUT2D eigenvalue weighted by molar-refractivity contribution is 6.00. The second kappa shape index (κ2) is 8.85. The van der Waals surface area contributed by atoms with Crippen molar-refractivity contribution in [3.63, 3.8) is 0 Å². The molecule has 1 saturated carbocycles. The fraction of sp³-hybridized carbons (Fsp3) is 0.286. The van der Waals surface area contributed by atoms with E-state index in [1.54, 1.807) is 6.07 Å². The van der Waals surface area contributed by atoms with E-state index in [1.807, 2.05) is 48.6 Å². The van der Waals surface area contributed by atoms with Crippen LogP contribution in [-0.4, -0.2) is 30.4 Å². The molecule has 2 N–H and O–H groups in total. The summed E-state index contributed by atoms with van der Waals surface area (Å²) in [6.45, 7) is 8.08. The average Bonchev–Trinajstić information content (AvgIpc) is 3.47. The summed E-state index contributed by atoms with van der Waals surface area (Å²) in [6.07, 6.45) is 9.87. The van der Waals surface area contributed by atoms with Gasteiger partial charge in [0.05, 0.1) is 42.0 Å². The van der Waals surface area contributed by atoms with Crippen molar-refractivity contribution in [3.05, 3.63) is 72.4 Å². The van der Waals surface area contributed by atoms with Gasteiger partial charge in [-0.15, -0.1) is 0 Å². The zero-order valence-corrected chi connectivity index (χ0v) is 20.0. The molecule has 36 heavy (non-hydrogen) atoms. The highest BCUT2D eigenvalue weighted by atomic mass is 19.1. The van der Waals surface area contributed by atoms with Gasteiger partial charge < -0.3 is 10.3 Å². The van der Waals surface area contributed by atoms with Crippen molar-refractivity contribution in [2.75, 3.05) is 0 Å². The molecule has 0 bridgehead atoms. The second-order valence-corrected chi connectivity index (χ2v) is 9.71. The quantitative estimate of drug-likeness (QED) is 0.328. The highest BCUT2D eigenvalue weighted by Gasteiger charge is 2.22. The molecule has 1 aliphatic rings. The van der Waals surface area contributed by atoms with Crippen LogP contribution >= 0.6 is 0 Å². The van der Waals surface area contributed by atoms with Crippen molar-refractivity contribution in [2.45, 2.75) is 38.3 Å². The number of nitrogens with zero attached hydrogens (tertiary/aromatic N) is 6. The van der Waals surface area contributed by atoms with Crippen LogP contribution in [0.1, 0.15) is 25.7 Å². The van der Waals surface area contributed by atoms with Crippen LogP contribution in [0.2, 0.25) is 0 Å². The number of imidazole rings is 1. The van der Waals surface area contributed by atoms with Gasteiger partial charge in [0.2, 0.25) is 5.69 Å². The Balaban J connectivity index is 1.51. The fourth-order valence-electron chi connectivity index (χ4n) is 5.37. The van der Waals surface area contributed by atoms with Crippen molar-refractivity contribution in [1.29, 1.82) is 0 Å². The summed E-state index contributed by atoms with van der Waals surface area (Å²) >= 11 is 0. The molecule has 180 valence electrons. The van der Waals surface area contributed by atoms with E-state index in [0.29, 0.717) is 17.5 Å². The Labute approximate surface area is 208 Å². The van der Waals surface area contributed by atoms with Crippen molar-refractivity contribution in [1.82, 2.24) is 24.3 Å². The molecule has 8 heteroatoms. The monoisotopic (exact) mass is 479 g/mol. The largest absolute Gasteiger partial charge is 0.329 e. The molecule has 2 aromatic carbocycles. The zero-order valence-electron chi connectivity index (χ0n) is 20.0. The van der Waals surface area contributed by atoms with Crippen molar-refractivity contribution >= 4 is 27.6 Å². The van der Waals surface area contributed by atoms with E-state index < -0.39 is 5.82 Å². The SMILES string of the molecule is [C-]#[N+]c1ccc(-c2c(-c3ccc4c(cnn4C)c3)ncc3c2ncn3CC2CCC(N)CC2)cc1F. The smallest absolute Gasteiger partial charge is 0.222 e. The first-order chi connectivity index (χ1) is 17.5. The molecule has 0 saturated heterocycles. The van der Waals surface area contributed by atoms with Gasteiger partial charge in [-0.05, 0) is 55.4 Å². The molecule has 0 atom stereocenters. The number of halogens is 1. The van der Waals surface area contributed by atoms with Crippen LogP contribution in [0.5, 0.6) is 0 Å². The lowest BCUT2D eigenvalue weighted by atomic mass is 9.86. The lowest BCUT2D eigenvalue weighted by Crippen LogP contribution is -2.28. The van der Waals surface area contributed by atoms with E-state index in [0.717, 1.165) is 71.0 Å².